The summed E-state index contributed by atoms with van der Waals surface area (Å²) in [6.45, 7) is 3.09. The van der Waals surface area contributed by atoms with Gasteiger partial charge in [-0.15, -0.1) is 22.7 Å². The van der Waals surface area contributed by atoms with Gasteiger partial charge in [0.05, 0.1) is 16.8 Å². The Bertz CT molecular complexity index is 986. The van der Waals surface area contributed by atoms with E-state index in [0.717, 1.165) is 48.5 Å². The van der Waals surface area contributed by atoms with Gasteiger partial charge >= 0.3 is 0 Å². The Morgan fingerprint density at radius 1 is 1.36 bits per heavy atom. The Hall–Kier alpha value is -1.99. The first-order chi connectivity index (χ1) is 12.1. The van der Waals surface area contributed by atoms with Crippen LogP contribution in [-0.2, 0) is 19.5 Å². The number of aryl methyl sites for hydroxylation is 2. The molecule has 0 saturated heterocycles. The molecule has 1 N–H and O–H groups in total. The maximum absolute atomic E-state index is 12.9. The molecule has 0 bridgehead atoms. The number of nitrogens with zero attached hydrogens (tertiary/aromatic N) is 2. The fourth-order valence-corrected chi connectivity index (χ4v) is 5.04. The Morgan fingerprint density at radius 3 is 3.04 bits per heavy atom. The highest BCUT2D eigenvalue weighted by molar-refractivity contribution is 7.20. The van der Waals surface area contributed by atoms with E-state index < -0.39 is 0 Å². The van der Waals surface area contributed by atoms with Gasteiger partial charge in [0.1, 0.15) is 10.7 Å². The van der Waals surface area contributed by atoms with Crippen molar-refractivity contribution in [1.82, 2.24) is 14.9 Å². The molecule has 0 atom stereocenters. The summed E-state index contributed by atoms with van der Waals surface area (Å²) in [4.78, 5) is 32.6. The van der Waals surface area contributed by atoms with Gasteiger partial charge in [-0.25, -0.2) is 4.98 Å². The molecule has 0 unspecified atom stereocenters. The third kappa shape index (κ3) is 3.02. The lowest BCUT2D eigenvalue weighted by Gasteiger charge is -2.08. The topological polar surface area (TPSA) is 64.0 Å². The van der Waals surface area contributed by atoms with Crippen LogP contribution in [0.4, 0.5) is 0 Å². The molecule has 3 aromatic rings. The molecule has 0 radical (unpaired) electrons. The molecule has 0 spiro atoms. The maximum Gasteiger partial charge on any atom is 0.262 e. The minimum Gasteiger partial charge on any atom is -0.346 e. The zero-order chi connectivity index (χ0) is 17.4. The second-order valence-electron chi connectivity index (χ2n) is 6.29. The lowest BCUT2D eigenvalue weighted by molar-refractivity contribution is 0.0955. The van der Waals surface area contributed by atoms with Gasteiger partial charge in [0, 0.05) is 17.8 Å². The van der Waals surface area contributed by atoms with Crippen molar-refractivity contribution in [1.29, 1.82) is 0 Å². The summed E-state index contributed by atoms with van der Waals surface area (Å²) in [6, 6.07) is 3.96. The molecule has 7 heteroatoms. The van der Waals surface area contributed by atoms with Crippen LogP contribution in [0.1, 0.15) is 45.2 Å². The first kappa shape index (κ1) is 16.5. The van der Waals surface area contributed by atoms with Gasteiger partial charge in [0.2, 0.25) is 0 Å². The number of carbonyl (C=O) groups is 1. The van der Waals surface area contributed by atoms with Crippen LogP contribution in [0.5, 0.6) is 0 Å². The zero-order valence-electron chi connectivity index (χ0n) is 14.0. The van der Waals surface area contributed by atoms with Gasteiger partial charge in [-0.3, -0.25) is 14.2 Å². The fourth-order valence-electron chi connectivity index (χ4n) is 3.29. The molecule has 1 aliphatic rings. The molecule has 3 aromatic heterocycles. The molecule has 130 valence electrons. The van der Waals surface area contributed by atoms with E-state index in [4.69, 9.17) is 4.98 Å². The van der Waals surface area contributed by atoms with Gasteiger partial charge < -0.3 is 5.32 Å². The minimum absolute atomic E-state index is 0.00737. The van der Waals surface area contributed by atoms with Gasteiger partial charge in [-0.05, 0) is 36.8 Å². The average molecular weight is 374 g/mol. The predicted molar refractivity (Wildman–Crippen MR) is 102 cm³/mol. The van der Waals surface area contributed by atoms with Crippen LogP contribution in [0.2, 0.25) is 0 Å². The number of amides is 1. The first-order valence-electron chi connectivity index (χ1n) is 8.48. The van der Waals surface area contributed by atoms with Crippen molar-refractivity contribution in [2.24, 2.45) is 0 Å². The fraction of sp³-hybridized carbons (Fsp3) is 0.389. The maximum atomic E-state index is 12.9. The lowest BCUT2D eigenvalue weighted by Crippen LogP contribution is -2.25. The van der Waals surface area contributed by atoms with Crippen molar-refractivity contribution in [2.45, 2.75) is 45.7 Å². The second-order valence-corrected chi connectivity index (χ2v) is 8.33. The Morgan fingerprint density at radius 2 is 2.24 bits per heavy atom. The van der Waals surface area contributed by atoms with Crippen molar-refractivity contribution >= 4 is 38.8 Å². The Labute approximate surface area is 153 Å². The highest BCUT2D eigenvalue weighted by Crippen LogP contribution is 2.28. The first-order valence-corrected chi connectivity index (χ1v) is 10.2. The molecule has 25 heavy (non-hydrogen) atoms. The molecule has 0 saturated carbocycles. The van der Waals surface area contributed by atoms with E-state index >= 15 is 0 Å². The van der Waals surface area contributed by atoms with Crippen LogP contribution in [0.15, 0.2) is 22.3 Å². The minimum atomic E-state index is -0.131. The molecule has 1 amide bonds. The number of fused-ring (bicyclic) bond motifs is 2. The molecule has 0 aliphatic carbocycles. The van der Waals surface area contributed by atoms with E-state index in [0.29, 0.717) is 21.6 Å². The number of rotatable bonds is 3. The molecule has 1 aliphatic heterocycles. The summed E-state index contributed by atoms with van der Waals surface area (Å²) >= 11 is 2.94. The van der Waals surface area contributed by atoms with Crippen molar-refractivity contribution < 1.29 is 4.79 Å². The van der Waals surface area contributed by atoms with Crippen molar-refractivity contribution in [3.63, 3.8) is 0 Å². The molecule has 0 fully saturated rings. The van der Waals surface area contributed by atoms with E-state index in [2.05, 4.69) is 5.32 Å². The summed E-state index contributed by atoms with van der Waals surface area (Å²) in [6.07, 6.45) is 4.04. The van der Waals surface area contributed by atoms with Crippen LogP contribution in [-0.4, -0.2) is 15.5 Å². The highest BCUT2D eigenvalue weighted by atomic mass is 32.1. The summed E-state index contributed by atoms with van der Waals surface area (Å²) < 4.78 is 1.81. The van der Waals surface area contributed by atoms with Gasteiger partial charge in [-0.1, -0.05) is 12.5 Å². The monoisotopic (exact) mass is 373 g/mol. The summed E-state index contributed by atoms with van der Waals surface area (Å²) in [5, 5.41) is 5.55. The van der Waals surface area contributed by atoms with Crippen LogP contribution < -0.4 is 10.9 Å². The van der Waals surface area contributed by atoms with E-state index in [-0.39, 0.29) is 11.5 Å². The highest BCUT2D eigenvalue weighted by Gasteiger charge is 2.22. The average Bonchev–Trinajstić information content (AvgIpc) is 3.15. The summed E-state index contributed by atoms with van der Waals surface area (Å²) in [5.74, 6) is 0.732. The van der Waals surface area contributed by atoms with Crippen LogP contribution in [0, 0.1) is 6.92 Å². The third-order valence-corrected chi connectivity index (χ3v) is 6.68. The third-order valence-electron chi connectivity index (χ3n) is 4.62. The normalized spacial score (nSPS) is 14.3. The van der Waals surface area contributed by atoms with Gasteiger partial charge in [0.15, 0.2) is 0 Å². The van der Waals surface area contributed by atoms with Crippen molar-refractivity contribution in [2.75, 3.05) is 0 Å². The van der Waals surface area contributed by atoms with E-state index in [1.165, 1.54) is 11.3 Å². The van der Waals surface area contributed by atoms with E-state index in [1.54, 1.807) is 11.3 Å². The zero-order valence-corrected chi connectivity index (χ0v) is 15.6. The van der Waals surface area contributed by atoms with Crippen molar-refractivity contribution in [3.05, 3.63) is 49.0 Å². The predicted octanol–water partition coefficient (Wildman–Crippen LogP) is 3.48. The number of hydrogen-bond acceptors (Lipinski definition) is 5. The van der Waals surface area contributed by atoms with E-state index in [9.17, 15) is 9.59 Å². The second kappa shape index (κ2) is 6.72. The Kier molecular flexibility index (Phi) is 4.43. The van der Waals surface area contributed by atoms with Crippen LogP contribution in [0.3, 0.4) is 0 Å². The number of thiophene rings is 2. The molecule has 0 aromatic carbocycles. The van der Waals surface area contributed by atoms with Gasteiger partial charge in [0.25, 0.3) is 11.5 Å². The van der Waals surface area contributed by atoms with E-state index in [1.807, 2.05) is 29.0 Å². The quantitative estimate of drug-likeness (QED) is 0.764. The molecular weight excluding hydrogens is 354 g/mol. The van der Waals surface area contributed by atoms with Crippen molar-refractivity contribution in [3.8, 4) is 0 Å². The largest absolute Gasteiger partial charge is 0.346 e. The lowest BCUT2D eigenvalue weighted by atomic mass is 10.2. The number of carbonyl (C=O) groups excluding carboxylic acids is 1. The summed E-state index contributed by atoms with van der Waals surface area (Å²) in [5.41, 5.74) is 0.758. The number of hydrogen-bond donors (Lipinski definition) is 1. The van der Waals surface area contributed by atoms with Crippen LogP contribution >= 0.6 is 22.7 Å². The SMILES string of the molecule is Cc1c(C(=O)NCc2cccs2)sc2nc3n(c(=O)c12)CCCCC3. The van der Waals surface area contributed by atoms with Gasteiger partial charge in [-0.2, -0.15) is 0 Å². The molecule has 4 heterocycles. The standard InChI is InChI=1S/C18H19N3O2S2/c1-11-14-17(20-13-7-3-2-4-8-21(13)18(14)23)25-15(11)16(22)19-10-12-6-5-9-24-12/h5-6,9H,2-4,7-8,10H2,1H3,(H,19,22). The Balaban J connectivity index is 1.71. The number of aromatic nitrogens is 2. The summed E-state index contributed by atoms with van der Waals surface area (Å²) in [7, 11) is 0. The smallest absolute Gasteiger partial charge is 0.262 e. The molecule has 5 nitrogen and oxygen atoms in total. The molecular formula is C18H19N3O2S2. The van der Waals surface area contributed by atoms with Crippen LogP contribution in [0.25, 0.3) is 10.2 Å². The number of nitrogens with one attached hydrogen (secondary N) is 1. The molecule has 4 rings (SSSR count).